The highest BCUT2D eigenvalue weighted by atomic mass is 16.6. The summed E-state index contributed by atoms with van der Waals surface area (Å²) in [6.07, 6.45) is 0.00493. The maximum atomic E-state index is 12.2. The van der Waals surface area contributed by atoms with E-state index >= 15 is 0 Å². The normalized spacial score (nSPS) is 14.0. The number of ketones is 1. The van der Waals surface area contributed by atoms with Gasteiger partial charge in [0, 0.05) is 11.5 Å². The molecular formula is C16H32N2O3. The van der Waals surface area contributed by atoms with Gasteiger partial charge in [-0.15, -0.1) is 0 Å². The lowest BCUT2D eigenvalue weighted by molar-refractivity contribution is -0.124. The summed E-state index contributed by atoms with van der Waals surface area (Å²) in [5.74, 6) is -0.101. The number of hydrogen-bond acceptors (Lipinski definition) is 4. The number of amides is 1. The van der Waals surface area contributed by atoms with Crippen LogP contribution in [-0.4, -0.2) is 35.6 Å². The number of ether oxygens (including phenoxy) is 1. The van der Waals surface area contributed by atoms with Gasteiger partial charge in [0.15, 0.2) is 5.78 Å². The molecule has 0 heterocycles. The first kappa shape index (κ1) is 19.9. The third kappa shape index (κ3) is 10.3. The quantitative estimate of drug-likeness (QED) is 0.791. The van der Waals surface area contributed by atoms with Crippen molar-refractivity contribution in [2.75, 3.05) is 6.54 Å². The second kappa shape index (κ2) is 7.78. The van der Waals surface area contributed by atoms with Crippen LogP contribution in [0.25, 0.3) is 0 Å². The first-order chi connectivity index (χ1) is 9.32. The van der Waals surface area contributed by atoms with Crippen molar-refractivity contribution in [1.82, 2.24) is 10.6 Å². The van der Waals surface area contributed by atoms with E-state index in [0.29, 0.717) is 13.0 Å². The summed E-state index contributed by atoms with van der Waals surface area (Å²) in [7, 11) is 0. The minimum absolute atomic E-state index is 0.0165. The average molecular weight is 300 g/mol. The minimum Gasteiger partial charge on any atom is -0.444 e. The summed E-state index contributed by atoms with van der Waals surface area (Å²) in [6.45, 7) is 15.9. The third-order valence-corrected chi connectivity index (χ3v) is 2.69. The molecule has 0 saturated carbocycles. The Morgan fingerprint density at radius 2 is 1.57 bits per heavy atom. The molecule has 1 atom stereocenters. The Bertz CT molecular complexity index is 352. The summed E-state index contributed by atoms with van der Waals surface area (Å²) in [4.78, 5) is 24.1. The van der Waals surface area contributed by atoms with E-state index in [0.717, 1.165) is 0 Å². The first-order valence-corrected chi connectivity index (χ1v) is 7.60. The average Bonchev–Trinajstić information content (AvgIpc) is 2.22. The van der Waals surface area contributed by atoms with Gasteiger partial charge >= 0.3 is 6.09 Å². The molecule has 5 heteroatoms. The summed E-state index contributed by atoms with van der Waals surface area (Å²) < 4.78 is 5.22. The van der Waals surface area contributed by atoms with Gasteiger partial charge in [-0.3, -0.25) is 4.79 Å². The largest absolute Gasteiger partial charge is 0.444 e. The summed E-state index contributed by atoms with van der Waals surface area (Å²) in [6, 6.07) is -0.519. The molecule has 0 saturated heterocycles. The van der Waals surface area contributed by atoms with Gasteiger partial charge in [0.25, 0.3) is 0 Å². The van der Waals surface area contributed by atoms with E-state index in [1.165, 1.54) is 0 Å². The summed E-state index contributed by atoms with van der Waals surface area (Å²) >= 11 is 0. The maximum Gasteiger partial charge on any atom is 0.408 e. The molecule has 124 valence electrons. The zero-order valence-corrected chi connectivity index (χ0v) is 14.8. The number of Topliss-reactive ketones (excluding diaryl/α,β-unsaturated/α-hetero) is 1. The topological polar surface area (TPSA) is 67.4 Å². The van der Waals surface area contributed by atoms with Crippen LogP contribution < -0.4 is 10.6 Å². The van der Waals surface area contributed by atoms with E-state index in [9.17, 15) is 9.59 Å². The van der Waals surface area contributed by atoms with Crippen LogP contribution in [-0.2, 0) is 9.53 Å². The van der Waals surface area contributed by atoms with Gasteiger partial charge in [-0.1, -0.05) is 13.8 Å². The van der Waals surface area contributed by atoms with E-state index in [1.54, 1.807) is 20.8 Å². The van der Waals surface area contributed by atoms with Crippen molar-refractivity contribution in [1.29, 1.82) is 0 Å². The Kier molecular flexibility index (Phi) is 7.37. The van der Waals surface area contributed by atoms with Crippen molar-refractivity contribution >= 4 is 11.9 Å². The van der Waals surface area contributed by atoms with Crippen molar-refractivity contribution in [3.05, 3.63) is 0 Å². The van der Waals surface area contributed by atoms with Crippen LogP contribution >= 0.6 is 0 Å². The molecule has 21 heavy (non-hydrogen) atoms. The molecule has 1 amide bonds. The van der Waals surface area contributed by atoms with Crippen LogP contribution in [0.3, 0.4) is 0 Å². The SMILES string of the molecule is CC(C)C(=O)C(CCNC(C)(C)C)NC(=O)OC(C)(C)C. The van der Waals surface area contributed by atoms with Gasteiger partial charge in [0.05, 0.1) is 6.04 Å². The van der Waals surface area contributed by atoms with Crippen LogP contribution in [0.15, 0.2) is 0 Å². The fourth-order valence-corrected chi connectivity index (χ4v) is 1.73. The second-order valence-corrected chi connectivity index (χ2v) is 7.72. The van der Waals surface area contributed by atoms with Crippen LogP contribution in [0.1, 0.15) is 61.8 Å². The minimum atomic E-state index is -0.570. The van der Waals surface area contributed by atoms with E-state index < -0.39 is 17.7 Å². The third-order valence-electron chi connectivity index (χ3n) is 2.69. The standard InChI is InChI=1S/C16H32N2O3/c1-11(2)13(19)12(9-10-17-15(3,4)5)18-14(20)21-16(6,7)8/h11-12,17H,9-10H2,1-8H3,(H,18,20). The Labute approximate surface area is 129 Å². The molecule has 5 nitrogen and oxygen atoms in total. The number of carbonyl (C=O) groups is 2. The van der Waals surface area contributed by atoms with E-state index in [4.69, 9.17) is 4.74 Å². The van der Waals surface area contributed by atoms with Gasteiger partial charge in [-0.25, -0.2) is 4.79 Å². The number of rotatable bonds is 6. The van der Waals surface area contributed by atoms with E-state index in [1.807, 2.05) is 13.8 Å². The molecule has 0 aromatic rings. The molecule has 2 N–H and O–H groups in total. The first-order valence-electron chi connectivity index (χ1n) is 7.60. The fourth-order valence-electron chi connectivity index (χ4n) is 1.73. The smallest absolute Gasteiger partial charge is 0.408 e. The Morgan fingerprint density at radius 1 is 1.05 bits per heavy atom. The predicted molar refractivity (Wildman–Crippen MR) is 85.4 cm³/mol. The Hall–Kier alpha value is -1.10. The lowest BCUT2D eigenvalue weighted by atomic mass is 9.99. The zero-order chi connectivity index (χ0) is 16.8. The van der Waals surface area contributed by atoms with Crippen molar-refractivity contribution in [3.8, 4) is 0 Å². The molecule has 1 unspecified atom stereocenters. The lowest BCUT2D eigenvalue weighted by Crippen LogP contribution is -2.47. The van der Waals surface area contributed by atoms with E-state index in [-0.39, 0.29) is 17.2 Å². The van der Waals surface area contributed by atoms with Crippen LogP contribution in [0.2, 0.25) is 0 Å². The van der Waals surface area contributed by atoms with Gasteiger partial charge in [0.2, 0.25) is 0 Å². The number of carbonyl (C=O) groups excluding carboxylic acids is 2. The van der Waals surface area contributed by atoms with E-state index in [2.05, 4.69) is 31.4 Å². The van der Waals surface area contributed by atoms with Crippen LogP contribution in [0.4, 0.5) is 4.79 Å². The molecule has 0 spiro atoms. The number of alkyl carbamates (subject to hydrolysis) is 1. The molecule has 0 fully saturated rings. The molecule has 0 aliphatic carbocycles. The van der Waals surface area contributed by atoms with Crippen LogP contribution in [0.5, 0.6) is 0 Å². The molecule has 0 aromatic heterocycles. The van der Waals surface area contributed by atoms with Crippen molar-refractivity contribution in [2.45, 2.75) is 79.0 Å². The van der Waals surface area contributed by atoms with Crippen molar-refractivity contribution in [2.24, 2.45) is 5.92 Å². The van der Waals surface area contributed by atoms with Crippen molar-refractivity contribution < 1.29 is 14.3 Å². The highest BCUT2D eigenvalue weighted by molar-refractivity contribution is 5.88. The molecule has 0 aromatic carbocycles. The molecular weight excluding hydrogens is 268 g/mol. The molecule has 0 radical (unpaired) electrons. The van der Waals surface area contributed by atoms with Gasteiger partial charge < -0.3 is 15.4 Å². The fraction of sp³-hybridized carbons (Fsp3) is 0.875. The second-order valence-electron chi connectivity index (χ2n) is 7.72. The summed E-state index contributed by atoms with van der Waals surface area (Å²) in [5, 5.41) is 6.01. The zero-order valence-electron chi connectivity index (χ0n) is 14.8. The molecule has 0 aliphatic rings. The summed E-state index contributed by atoms with van der Waals surface area (Å²) in [5.41, 5.74) is -0.587. The van der Waals surface area contributed by atoms with Gasteiger partial charge in [-0.05, 0) is 54.5 Å². The molecule has 0 bridgehead atoms. The van der Waals surface area contributed by atoms with Gasteiger partial charge in [0.1, 0.15) is 5.60 Å². The lowest BCUT2D eigenvalue weighted by Gasteiger charge is -2.26. The highest BCUT2D eigenvalue weighted by Gasteiger charge is 2.26. The van der Waals surface area contributed by atoms with Crippen LogP contribution in [0, 0.1) is 5.92 Å². The van der Waals surface area contributed by atoms with Crippen molar-refractivity contribution in [3.63, 3.8) is 0 Å². The Morgan fingerprint density at radius 3 is 1.95 bits per heavy atom. The predicted octanol–water partition coefficient (Wildman–Crippen LogP) is 2.88. The molecule has 0 rings (SSSR count). The number of nitrogens with one attached hydrogen (secondary N) is 2. The molecule has 0 aliphatic heterocycles. The number of hydrogen-bond donors (Lipinski definition) is 2. The highest BCUT2D eigenvalue weighted by Crippen LogP contribution is 2.09. The monoisotopic (exact) mass is 300 g/mol. The Balaban J connectivity index is 4.61. The van der Waals surface area contributed by atoms with Gasteiger partial charge in [-0.2, -0.15) is 0 Å². The maximum absolute atomic E-state index is 12.2.